The minimum atomic E-state index is 0.228. The van der Waals surface area contributed by atoms with E-state index in [9.17, 15) is 0 Å². The minimum Gasteiger partial charge on any atom is -0.312 e. The van der Waals surface area contributed by atoms with Gasteiger partial charge in [-0.05, 0) is 30.9 Å². The number of hydrogen-bond acceptors (Lipinski definition) is 1. The maximum Gasteiger partial charge on any atom is 0.0189 e. The molecule has 0 heterocycles. The molecule has 0 radical (unpaired) electrons. The molecular formula is C17H19N. The zero-order valence-electron chi connectivity index (χ0n) is 10.8. The number of nitrogens with one attached hydrogen (secondary N) is 1. The van der Waals surface area contributed by atoms with Crippen molar-refractivity contribution in [1.29, 1.82) is 5.41 Å². The summed E-state index contributed by atoms with van der Waals surface area (Å²) < 4.78 is 0. The highest BCUT2D eigenvalue weighted by Crippen LogP contribution is 2.20. The van der Waals surface area contributed by atoms with Gasteiger partial charge in [0.15, 0.2) is 0 Å². The van der Waals surface area contributed by atoms with Crippen molar-refractivity contribution in [1.82, 2.24) is 0 Å². The van der Waals surface area contributed by atoms with Crippen LogP contribution in [0.15, 0.2) is 54.6 Å². The van der Waals surface area contributed by atoms with E-state index >= 15 is 0 Å². The van der Waals surface area contributed by atoms with Crippen LogP contribution in [0.4, 0.5) is 0 Å². The summed E-state index contributed by atoms with van der Waals surface area (Å²) >= 11 is 0. The predicted octanol–water partition coefficient (Wildman–Crippen LogP) is 4.36. The molecule has 1 heteroatoms. The van der Waals surface area contributed by atoms with Gasteiger partial charge in [-0.2, -0.15) is 0 Å². The molecule has 0 saturated heterocycles. The van der Waals surface area contributed by atoms with Crippen LogP contribution in [0.2, 0.25) is 0 Å². The Bertz CT molecular complexity index is 485. The molecule has 2 aromatic carbocycles. The van der Waals surface area contributed by atoms with Gasteiger partial charge in [0, 0.05) is 12.1 Å². The third-order valence-electron chi connectivity index (χ3n) is 3.29. The fraction of sp³-hybridized carbons (Fsp3) is 0.235. The fourth-order valence-corrected chi connectivity index (χ4v) is 2.13. The number of aryl methyl sites for hydroxylation is 2. The van der Waals surface area contributed by atoms with E-state index in [2.05, 4.69) is 55.5 Å². The smallest absolute Gasteiger partial charge is 0.0189 e. The van der Waals surface area contributed by atoms with Crippen molar-refractivity contribution in [2.75, 3.05) is 0 Å². The number of hydrogen-bond donors (Lipinski definition) is 1. The highest BCUT2D eigenvalue weighted by Gasteiger charge is 2.08. The summed E-state index contributed by atoms with van der Waals surface area (Å²) in [6.45, 7) is 2.09. The molecule has 0 saturated carbocycles. The standard InChI is InChI=1S/C17H19N/c1-14-7-10-16(11-8-14)17(13-18)12-9-15-5-3-2-4-6-15/h2-8,10-11,13,17-18H,9,12H2,1H3. The average Bonchev–Trinajstić information content (AvgIpc) is 2.42. The molecule has 92 valence electrons. The summed E-state index contributed by atoms with van der Waals surface area (Å²) in [6, 6.07) is 19.0. The van der Waals surface area contributed by atoms with Gasteiger partial charge in [0.05, 0.1) is 0 Å². The van der Waals surface area contributed by atoms with E-state index in [4.69, 9.17) is 5.41 Å². The predicted molar refractivity (Wildman–Crippen MR) is 77.5 cm³/mol. The number of benzene rings is 2. The lowest BCUT2D eigenvalue weighted by atomic mass is 9.93. The lowest BCUT2D eigenvalue weighted by Gasteiger charge is -2.12. The third-order valence-corrected chi connectivity index (χ3v) is 3.29. The molecule has 0 spiro atoms. The van der Waals surface area contributed by atoms with E-state index in [1.807, 2.05) is 6.07 Å². The Morgan fingerprint density at radius 2 is 1.67 bits per heavy atom. The van der Waals surface area contributed by atoms with Crippen LogP contribution >= 0.6 is 0 Å². The summed E-state index contributed by atoms with van der Waals surface area (Å²) in [5.41, 5.74) is 3.86. The second-order valence-corrected chi connectivity index (χ2v) is 4.71. The molecule has 1 nitrogen and oxygen atoms in total. The van der Waals surface area contributed by atoms with E-state index in [1.165, 1.54) is 16.7 Å². The first-order chi connectivity index (χ1) is 8.79. The van der Waals surface area contributed by atoms with Crippen molar-refractivity contribution >= 4 is 6.21 Å². The van der Waals surface area contributed by atoms with Gasteiger partial charge in [-0.15, -0.1) is 0 Å². The van der Waals surface area contributed by atoms with Crippen LogP contribution in [0.3, 0.4) is 0 Å². The van der Waals surface area contributed by atoms with Crippen molar-refractivity contribution in [3.8, 4) is 0 Å². The Morgan fingerprint density at radius 1 is 1.00 bits per heavy atom. The summed E-state index contributed by atoms with van der Waals surface area (Å²) in [7, 11) is 0. The second-order valence-electron chi connectivity index (χ2n) is 4.71. The zero-order valence-corrected chi connectivity index (χ0v) is 10.8. The molecule has 18 heavy (non-hydrogen) atoms. The largest absolute Gasteiger partial charge is 0.312 e. The molecule has 1 unspecified atom stereocenters. The van der Waals surface area contributed by atoms with Crippen LogP contribution in [0.1, 0.15) is 29.0 Å². The average molecular weight is 237 g/mol. The molecule has 0 aliphatic rings. The molecule has 0 amide bonds. The minimum absolute atomic E-state index is 0.228. The van der Waals surface area contributed by atoms with Gasteiger partial charge in [-0.1, -0.05) is 60.2 Å². The molecule has 0 aliphatic carbocycles. The summed E-state index contributed by atoms with van der Waals surface area (Å²) in [5, 5.41) is 7.59. The maximum atomic E-state index is 7.59. The first-order valence-corrected chi connectivity index (χ1v) is 6.40. The molecular weight excluding hydrogens is 218 g/mol. The van der Waals surface area contributed by atoms with E-state index in [-0.39, 0.29) is 5.92 Å². The quantitative estimate of drug-likeness (QED) is 0.747. The Kier molecular flexibility index (Phi) is 4.30. The normalized spacial score (nSPS) is 12.1. The van der Waals surface area contributed by atoms with E-state index in [0.29, 0.717) is 0 Å². The van der Waals surface area contributed by atoms with Crippen LogP contribution in [-0.4, -0.2) is 6.21 Å². The van der Waals surface area contributed by atoms with Crippen molar-refractivity contribution < 1.29 is 0 Å². The number of rotatable bonds is 5. The Morgan fingerprint density at radius 3 is 2.28 bits per heavy atom. The van der Waals surface area contributed by atoms with Crippen LogP contribution in [0, 0.1) is 12.3 Å². The van der Waals surface area contributed by atoms with E-state index < -0.39 is 0 Å². The highest BCUT2D eigenvalue weighted by atomic mass is 14.4. The highest BCUT2D eigenvalue weighted by molar-refractivity contribution is 5.64. The molecule has 0 fully saturated rings. The molecule has 1 N–H and O–H groups in total. The van der Waals surface area contributed by atoms with Crippen LogP contribution < -0.4 is 0 Å². The van der Waals surface area contributed by atoms with Gasteiger partial charge in [-0.3, -0.25) is 0 Å². The molecule has 0 aromatic heterocycles. The van der Waals surface area contributed by atoms with Gasteiger partial charge >= 0.3 is 0 Å². The van der Waals surface area contributed by atoms with Crippen molar-refractivity contribution in [3.63, 3.8) is 0 Å². The Labute approximate surface area is 109 Å². The maximum absolute atomic E-state index is 7.59. The Balaban J connectivity index is 2.02. The summed E-state index contributed by atoms with van der Waals surface area (Å²) in [5.74, 6) is 0.228. The van der Waals surface area contributed by atoms with E-state index in [1.54, 1.807) is 6.21 Å². The Hall–Kier alpha value is -1.89. The first kappa shape index (κ1) is 12.6. The van der Waals surface area contributed by atoms with Crippen LogP contribution in [-0.2, 0) is 6.42 Å². The third kappa shape index (κ3) is 3.30. The SMILES string of the molecule is Cc1ccc(C(C=N)CCc2ccccc2)cc1. The second kappa shape index (κ2) is 6.15. The van der Waals surface area contributed by atoms with Gasteiger partial charge < -0.3 is 5.41 Å². The molecule has 2 aromatic rings. The fourth-order valence-electron chi connectivity index (χ4n) is 2.13. The summed E-state index contributed by atoms with van der Waals surface area (Å²) in [4.78, 5) is 0. The zero-order chi connectivity index (χ0) is 12.8. The topological polar surface area (TPSA) is 23.9 Å². The molecule has 0 bridgehead atoms. The molecule has 2 rings (SSSR count). The van der Waals surface area contributed by atoms with Crippen LogP contribution in [0.25, 0.3) is 0 Å². The monoisotopic (exact) mass is 237 g/mol. The van der Waals surface area contributed by atoms with Crippen molar-refractivity contribution in [3.05, 3.63) is 71.3 Å². The summed E-state index contributed by atoms with van der Waals surface area (Å²) in [6.07, 6.45) is 3.58. The van der Waals surface area contributed by atoms with Gasteiger partial charge in [0.2, 0.25) is 0 Å². The lowest BCUT2D eigenvalue weighted by molar-refractivity contribution is 0.773. The van der Waals surface area contributed by atoms with Crippen LogP contribution in [0.5, 0.6) is 0 Å². The molecule has 1 atom stereocenters. The van der Waals surface area contributed by atoms with Gasteiger partial charge in [0.25, 0.3) is 0 Å². The van der Waals surface area contributed by atoms with Crippen molar-refractivity contribution in [2.45, 2.75) is 25.7 Å². The van der Waals surface area contributed by atoms with Gasteiger partial charge in [-0.25, -0.2) is 0 Å². The molecule has 0 aliphatic heterocycles. The first-order valence-electron chi connectivity index (χ1n) is 6.40. The van der Waals surface area contributed by atoms with E-state index in [0.717, 1.165) is 12.8 Å². The van der Waals surface area contributed by atoms with Gasteiger partial charge in [0.1, 0.15) is 0 Å². The lowest BCUT2D eigenvalue weighted by Crippen LogP contribution is -2.02. The van der Waals surface area contributed by atoms with Crippen molar-refractivity contribution in [2.24, 2.45) is 0 Å².